The van der Waals surface area contributed by atoms with Crippen molar-refractivity contribution in [3.8, 4) is 6.07 Å². The molecule has 4 saturated carbocycles. The van der Waals surface area contributed by atoms with Crippen molar-refractivity contribution < 1.29 is 0 Å². The van der Waals surface area contributed by atoms with Crippen LogP contribution in [0.2, 0.25) is 0 Å². The average Bonchev–Trinajstić information content (AvgIpc) is 3.11. The van der Waals surface area contributed by atoms with E-state index in [0.29, 0.717) is 11.5 Å². The molecule has 4 aliphatic carbocycles. The number of rotatable bonds is 3. The van der Waals surface area contributed by atoms with E-state index in [1.165, 1.54) is 63.5 Å². The first-order valence-corrected chi connectivity index (χ1v) is 12.8. The molecule has 5 rings (SSSR count). The van der Waals surface area contributed by atoms with Crippen LogP contribution in [0.3, 0.4) is 0 Å². The van der Waals surface area contributed by atoms with Gasteiger partial charge in [0.1, 0.15) is 0 Å². The van der Waals surface area contributed by atoms with Crippen molar-refractivity contribution in [1.29, 1.82) is 5.26 Å². The molecule has 0 heterocycles. The molecule has 0 radical (unpaired) electrons. The predicted molar refractivity (Wildman–Crippen MR) is 124 cm³/mol. The predicted octanol–water partition coefficient (Wildman–Crippen LogP) is 7.26. The van der Waals surface area contributed by atoms with Crippen LogP contribution in [0.15, 0.2) is 24.3 Å². The third-order valence-corrected chi connectivity index (χ3v) is 10.3. The zero-order valence-electron chi connectivity index (χ0n) is 19.2. The molecule has 4 fully saturated rings. The molecular weight excluding hydrogens is 364 g/mol. The van der Waals surface area contributed by atoms with E-state index in [4.69, 9.17) is 5.26 Å². The number of nitrogens with zero attached hydrogens (tertiary/aromatic N) is 1. The Balaban J connectivity index is 1.29. The number of nitriles is 1. The molecule has 4 aliphatic rings. The van der Waals surface area contributed by atoms with E-state index >= 15 is 0 Å². The Labute approximate surface area is 183 Å². The maximum atomic E-state index is 9.06. The molecule has 162 valence electrons. The van der Waals surface area contributed by atoms with Crippen molar-refractivity contribution >= 4 is 5.69 Å². The van der Waals surface area contributed by atoms with Gasteiger partial charge in [0.15, 0.2) is 0 Å². The van der Waals surface area contributed by atoms with Gasteiger partial charge in [-0.05, 0) is 129 Å². The second kappa shape index (κ2) is 7.89. The van der Waals surface area contributed by atoms with E-state index in [-0.39, 0.29) is 0 Å². The molecule has 1 aromatic rings. The lowest BCUT2D eigenvalue weighted by atomic mass is 9.49. The number of anilines is 1. The van der Waals surface area contributed by atoms with Crippen LogP contribution in [-0.2, 0) is 0 Å². The topological polar surface area (TPSA) is 35.8 Å². The number of benzene rings is 1. The van der Waals surface area contributed by atoms with Crippen LogP contribution in [0.25, 0.3) is 0 Å². The Kier molecular flexibility index (Phi) is 5.37. The highest BCUT2D eigenvalue weighted by Crippen LogP contribution is 2.65. The van der Waals surface area contributed by atoms with Crippen LogP contribution >= 0.6 is 0 Å². The first-order chi connectivity index (χ1) is 14.5. The maximum Gasteiger partial charge on any atom is 0.0991 e. The highest BCUT2D eigenvalue weighted by Gasteiger charge is 2.57. The molecule has 0 bridgehead atoms. The Hall–Kier alpha value is -1.49. The van der Waals surface area contributed by atoms with Gasteiger partial charge >= 0.3 is 0 Å². The highest BCUT2D eigenvalue weighted by atomic mass is 14.9. The number of nitrogens with one attached hydrogen (secondary N) is 1. The van der Waals surface area contributed by atoms with Gasteiger partial charge < -0.3 is 5.32 Å². The summed E-state index contributed by atoms with van der Waals surface area (Å²) in [6.07, 6.45) is 13.3. The molecule has 1 N–H and O–H groups in total. The van der Waals surface area contributed by atoms with Crippen molar-refractivity contribution in [2.75, 3.05) is 5.32 Å². The van der Waals surface area contributed by atoms with Crippen molar-refractivity contribution in [1.82, 2.24) is 0 Å². The summed E-state index contributed by atoms with van der Waals surface area (Å²) in [6.45, 7) is 7.55. The van der Waals surface area contributed by atoms with E-state index < -0.39 is 0 Å². The molecule has 0 aliphatic heterocycles. The van der Waals surface area contributed by atoms with Crippen molar-refractivity contribution in [2.24, 2.45) is 46.8 Å². The van der Waals surface area contributed by atoms with Crippen LogP contribution in [-0.4, -0.2) is 6.04 Å². The quantitative estimate of drug-likeness (QED) is 0.575. The van der Waals surface area contributed by atoms with Crippen LogP contribution in [0.1, 0.15) is 84.1 Å². The Bertz CT molecular complexity index is 792. The fraction of sp³-hybridized carbons (Fsp3) is 0.750. The molecule has 0 spiro atoms. The minimum Gasteiger partial charge on any atom is -0.382 e. The second-order valence-electron chi connectivity index (χ2n) is 11.7. The SMILES string of the molecule is C[C@H]1CC[C@@H]2C3CC[C@@]4(C)C(CCC4[C@@H](C)Nc4ccc(C#N)cc4)[C@@H]3CC[C@@H]2C1. The average molecular weight is 405 g/mol. The molecule has 2 heteroatoms. The van der Waals surface area contributed by atoms with E-state index in [2.05, 4.69) is 44.3 Å². The van der Waals surface area contributed by atoms with Crippen molar-refractivity contribution in [3.63, 3.8) is 0 Å². The number of hydrogen-bond donors (Lipinski definition) is 1. The summed E-state index contributed by atoms with van der Waals surface area (Å²) in [7, 11) is 0. The molecule has 30 heavy (non-hydrogen) atoms. The number of hydrogen-bond acceptors (Lipinski definition) is 2. The van der Waals surface area contributed by atoms with Crippen LogP contribution in [0.5, 0.6) is 0 Å². The van der Waals surface area contributed by atoms with E-state index in [1.54, 1.807) is 0 Å². The lowest BCUT2D eigenvalue weighted by Crippen LogP contribution is -2.50. The van der Waals surface area contributed by atoms with Crippen molar-refractivity contribution in [3.05, 3.63) is 29.8 Å². The smallest absolute Gasteiger partial charge is 0.0991 e. The summed E-state index contributed by atoms with van der Waals surface area (Å²) in [6, 6.07) is 10.7. The van der Waals surface area contributed by atoms with Gasteiger partial charge in [0.25, 0.3) is 0 Å². The fourth-order valence-corrected chi connectivity index (χ4v) is 8.95. The zero-order valence-corrected chi connectivity index (χ0v) is 19.2. The summed E-state index contributed by atoms with van der Waals surface area (Å²) in [5.74, 6) is 6.84. The minimum absolute atomic E-state index is 0.497. The minimum atomic E-state index is 0.497. The Morgan fingerprint density at radius 3 is 2.50 bits per heavy atom. The van der Waals surface area contributed by atoms with Gasteiger partial charge in [-0.2, -0.15) is 5.26 Å². The van der Waals surface area contributed by atoms with E-state index in [0.717, 1.165) is 47.0 Å². The third kappa shape index (κ3) is 3.37. The normalized spacial score (nSPS) is 43.6. The standard InChI is InChI=1S/C28H40N2/c1-18-4-10-23-21(16-18)7-11-25-24(23)14-15-28(3)26(12-13-27(25)28)19(2)30-22-8-5-20(17-29)6-9-22/h5-6,8-9,18-19,21,23-27,30H,4,7,10-16H2,1-3H3/t18-,19+,21+,23-,24?,25+,26?,27?,28+/m0/s1. The largest absolute Gasteiger partial charge is 0.382 e. The molecule has 0 saturated heterocycles. The van der Waals surface area contributed by atoms with Crippen LogP contribution in [0, 0.1) is 58.2 Å². The molecule has 0 amide bonds. The van der Waals surface area contributed by atoms with Gasteiger partial charge in [-0.3, -0.25) is 0 Å². The lowest BCUT2D eigenvalue weighted by Gasteiger charge is -2.56. The molecule has 3 unspecified atom stereocenters. The van der Waals surface area contributed by atoms with Gasteiger partial charge in [0.2, 0.25) is 0 Å². The van der Waals surface area contributed by atoms with E-state index in [9.17, 15) is 0 Å². The summed E-state index contributed by atoms with van der Waals surface area (Å²) < 4.78 is 0. The zero-order chi connectivity index (χ0) is 20.9. The highest BCUT2D eigenvalue weighted by molar-refractivity contribution is 5.48. The molecule has 2 nitrogen and oxygen atoms in total. The van der Waals surface area contributed by atoms with Crippen molar-refractivity contribution in [2.45, 2.75) is 84.6 Å². The van der Waals surface area contributed by atoms with Gasteiger partial charge in [-0.25, -0.2) is 0 Å². The fourth-order valence-electron chi connectivity index (χ4n) is 8.95. The molecule has 0 aromatic heterocycles. The first-order valence-electron chi connectivity index (χ1n) is 12.8. The monoisotopic (exact) mass is 404 g/mol. The van der Waals surface area contributed by atoms with Gasteiger partial charge in [-0.1, -0.05) is 20.3 Å². The first kappa shape index (κ1) is 20.4. The van der Waals surface area contributed by atoms with Gasteiger partial charge in [0, 0.05) is 11.7 Å². The molecule has 1 aromatic carbocycles. The summed E-state index contributed by atoms with van der Waals surface area (Å²) in [5, 5.41) is 12.9. The Morgan fingerprint density at radius 1 is 0.967 bits per heavy atom. The van der Waals surface area contributed by atoms with Crippen LogP contribution in [0.4, 0.5) is 5.69 Å². The van der Waals surface area contributed by atoms with E-state index in [1.807, 2.05) is 12.1 Å². The van der Waals surface area contributed by atoms with Gasteiger partial charge in [0.05, 0.1) is 11.6 Å². The summed E-state index contributed by atoms with van der Waals surface area (Å²) in [4.78, 5) is 0. The maximum absolute atomic E-state index is 9.06. The summed E-state index contributed by atoms with van der Waals surface area (Å²) in [5.41, 5.74) is 2.42. The van der Waals surface area contributed by atoms with Crippen LogP contribution < -0.4 is 5.32 Å². The third-order valence-electron chi connectivity index (χ3n) is 10.3. The summed E-state index contributed by atoms with van der Waals surface area (Å²) >= 11 is 0. The molecular formula is C28H40N2. The molecule has 9 atom stereocenters. The Morgan fingerprint density at radius 2 is 1.73 bits per heavy atom. The number of fused-ring (bicyclic) bond motifs is 5. The second-order valence-corrected chi connectivity index (χ2v) is 11.7. The van der Waals surface area contributed by atoms with Gasteiger partial charge in [-0.15, -0.1) is 0 Å². The lowest BCUT2D eigenvalue weighted by molar-refractivity contribution is -0.0683.